The lowest BCUT2D eigenvalue weighted by Gasteiger charge is -2.24. The first kappa shape index (κ1) is 12.4. The van der Waals surface area contributed by atoms with Gasteiger partial charge >= 0.3 is 18.3 Å². The van der Waals surface area contributed by atoms with Gasteiger partial charge in [0.15, 0.2) is 0 Å². The molecule has 0 bridgehead atoms. The minimum Gasteiger partial charge on any atom is -0.237 e. The maximum Gasteiger partial charge on any atom is 0.343 e. The van der Waals surface area contributed by atoms with Crippen LogP contribution in [-0.4, -0.2) is 24.4 Å². The third-order valence-electron chi connectivity index (χ3n) is 1.11. The fraction of sp³-hybridized carbons (Fsp3) is 0.800. The van der Waals surface area contributed by atoms with E-state index in [1.165, 1.54) is 0 Å². The minimum atomic E-state index is -5.58. The van der Waals surface area contributed by atoms with Crippen LogP contribution in [0.4, 0.5) is 35.1 Å². The van der Waals surface area contributed by atoms with Crippen molar-refractivity contribution < 1.29 is 35.1 Å². The molecule has 1 atom stereocenters. The molecule has 0 aromatic rings. The summed E-state index contributed by atoms with van der Waals surface area (Å²) < 4.78 is 92.8. The summed E-state index contributed by atoms with van der Waals surface area (Å²) in [5, 5.41) is 0. The van der Waals surface area contributed by atoms with Gasteiger partial charge in [0.2, 0.25) is 12.8 Å². The first-order valence-electron chi connectivity index (χ1n) is 2.78. The van der Waals surface area contributed by atoms with Gasteiger partial charge in [-0.3, -0.25) is 0 Å². The third-order valence-corrected chi connectivity index (χ3v) is 1.11. The average Bonchev–Trinajstić information content (AvgIpc) is 2.02. The van der Waals surface area contributed by atoms with Crippen LogP contribution >= 0.6 is 0 Å². The normalized spacial score (nSPS) is 16.4. The maximum absolute atomic E-state index is 12.0. The van der Waals surface area contributed by atoms with Crippen LogP contribution in [0, 0.1) is 6.67 Å². The second kappa shape index (κ2) is 3.67. The molecule has 1 radical (unpaired) electrons. The van der Waals surface area contributed by atoms with Gasteiger partial charge in [0.05, 0.1) is 0 Å². The van der Waals surface area contributed by atoms with Gasteiger partial charge in [-0.1, -0.05) is 0 Å². The van der Waals surface area contributed by atoms with Crippen LogP contribution < -0.4 is 0 Å². The Bertz CT molecular complexity index is 164. The fourth-order valence-electron chi connectivity index (χ4n) is 0.422. The van der Waals surface area contributed by atoms with Gasteiger partial charge in [0.25, 0.3) is 0 Å². The number of hydrogen-bond donors (Lipinski definition) is 0. The van der Waals surface area contributed by atoms with E-state index >= 15 is 0 Å². The van der Waals surface area contributed by atoms with Crippen molar-refractivity contribution in [1.29, 1.82) is 0 Å². The van der Waals surface area contributed by atoms with Crippen molar-refractivity contribution >= 4 is 0 Å². The summed E-state index contributed by atoms with van der Waals surface area (Å²) in [7, 11) is 0. The van der Waals surface area contributed by atoms with Crippen LogP contribution in [0.5, 0.6) is 0 Å². The van der Waals surface area contributed by atoms with Gasteiger partial charge in [0, 0.05) is 0 Å². The molecule has 0 heterocycles. The maximum atomic E-state index is 12.0. The lowest BCUT2D eigenvalue weighted by molar-refractivity contribution is -0.225. The molecule has 0 saturated carbocycles. The van der Waals surface area contributed by atoms with Crippen LogP contribution in [0.3, 0.4) is 0 Å². The van der Waals surface area contributed by atoms with Gasteiger partial charge in [-0.15, -0.1) is 0 Å². The Morgan fingerprint density at radius 3 is 1.54 bits per heavy atom. The van der Waals surface area contributed by atoms with Gasteiger partial charge in [-0.25, -0.2) is 17.6 Å². The van der Waals surface area contributed by atoms with E-state index in [0.29, 0.717) is 0 Å². The third kappa shape index (κ3) is 2.44. The van der Waals surface area contributed by atoms with Crippen molar-refractivity contribution in [3.63, 3.8) is 0 Å². The van der Waals surface area contributed by atoms with Crippen LogP contribution in [0.2, 0.25) is 0 Å². The average molecular weight is 215 g/mol. The Morgan fingerprint density at radius 2 is 1.31 bits per heavy atom. The molecule has 0 aliphatic rings. The number of rotatable bonds is 4. The molecular formula is C5H3F8. The summed E-state index contributed by atoms with van der Waals surface area (Å²) in [5.41, 5.74) is 0. The summed E-state index contributed by atoms with van der Waals surface area (Å²) in [4.78, 5) is 0. The van der Waals surface area contributed by atoms with Gasteiger partial charge in [-0.2, -0.15) is 17.6 Å². The SMILES string of the molecule is F[CH]C(F)(F)C(F)C(F)(F)C(F)F. The first-order valence-corrected chi connectivity index (χ1v) is 2.78. The van der Waals surface area contributed by atoms with E-state index in [2.05, 4.69) is 0 Å². The summed E-state index contributed by atoms with van der Waals surface area (Å²) >= 11 is 0. The molecule has 13 heavy (non-hydrogen) atoms. The molecule has 1 unspecified atom stereocenters. The number of halogens is 8. The van der Waals surface area contributed by atoms with E-state index in [1.54, 1.807) is 0 Å². The molecule has 0 rings (SSSR count). The highest BCUT2D eigenvalue weighted by Crippen LogP contribution is 2.39. The highest BCUT2D eigenvalue weighted by molar-refractivity contribution is 4.94. The molecule has 0 saturated heterocycles. The summed E-state index contributed by atoms with van der Waals surface area (Å²) in [5.74, 6) is -10.8. The largest absolute Gasteiger partial charge is 0.343 e. The van der Waals surface area contributed by atoms with Gasteiger partial charge in [0.1, 0.15) is 0 Å². The standard InChI is InChI=1S/C5H3F8/c6-1-4(10,11)2(7)5(12,13)3(8)9/h1-3H. The highest BCUT2D eigenvalue weighted by atomic mass is 19.3. The Kier molecular flexibility index (Phi) is 3.51. The van der Waals surface area contributed by atoms with E-state index in [1.807, 2.05) is 0 Å². The molecular weight excluding hydrogens is 212 g/mol. The Morgan fingerprint density at radius 1 is 0.923 bits per heavy atom. The second-order valence-electron chi connectivity index (χ2n) is 2.12. The first-order chi connectivity index (χ1) is 5.66. The van der Waals surface area contributed by atoms with E-state index in [4.69, 9.17) is 0 Å². The Labute approximate surface area is 67.5 Å². The quantitative estimate of drug-likeness (QED) is 0.632. The molecule has 79 valence electrons. The van der Waals surface area contributed by atoms with E-state index in [-0.39, 0.29) is 0 Å². The minimum absolute atomic E-state index is 1.69. The van der Waals surface area contributed by atoms with Crippen molar-refractivity contribution in [3.05, 3.63) is 6.67 Å². The molecule has 0 aliphatic heterocycles. The molecule has 0 aromatic heterocycles. The van der Waals surface area contributed by atoms with Crippen LogP contribution in [-0.2, 0) is 0 Å². The second-order valence-corrected chi connectivity index (χ2v) is 2.12. The molecule has 0 amide bonds. The van der Waals surface area contributed by atoms with Crippen molar-refractivity contribution in [1.82, 2.24) is 0 Å². The lowest BCUT2D eigenvalue weighted by Crippen LogP contribution is -2.48. The topological polar surface area (TPSA) is 0 Å². The zero-order valence-corrected chi connectivity index (χ0v) is 5.76. The molecule has 0 spiro atoms. The fourth-order valence-corrected chi connectivity index (χ4v) is 0.422. The Balaban J connectivity index is 4.67. The van der Waals surface area contributed by atoms with E-state index in [9.17, 15) is 35.1 Å². The zero-order chi connectivity index (χ0) is 10.9. The monoisotopic (exact) mass is 215 g/mol. The van der Waals surface area contributed by atoms with Gasteiger partial charge < -0.3 is 0 Å². The van der Waals surface area contributed by atoms with Crippen molar-refractivity contribution in [2.24, 2.45) is 0 Å². The van der Waals surface area contributed by atoms with Crippen LogP contribution in [0.1, 0.15) is 0 Å². The molecule has 0 N–H and O–H groups in total. The van der Waals surface area contributed by atoms with Crippen molar-refractivity contribution in [2.75, 3.05) is 0 Å². The van der Waals surface area contributed by atoms with E-state index < -0.39 is 31.1 Å². The molecule has 0 fully saturated rings. The predicted octanol–water partition coefficient (Wildman–Crippen LogP) is 2.99. The van der Waals surface area contributed by atoms with Crippen LogP contribution in [0.25, 0.3) is 0 Å². The molecule has 0 aliphatic carbocycles. The van der Waals surface area contributed by atoms with Crippen LogP contribution in [0.15, 0.2) is 0 Å². The zero-order valence-electron chi connectivity index (χ0n) is 5.76. The number of hydrogen-bond acceptors (Lipinski definition) is 0. The molecule has 0 aromatic carbocycles. The van der Waals surface area contributed by atoms with E-state index in [0.717, 1.165) is 0 Å². The van der Waals surface area contributed by atoms with Gasteiger partial charge in [-0.05, 0) is 0 Å². The molecule has 0 nitrogen and oxygen atoms in total. The van der Waals surface area contributed by atoms with Crippen molar-refractivity contribution in [2.45, 2.75) is 24.4 Å². The highest BCUT2D eigenvalue weighted by Gasteiger charge is 2.61. The lowest BCUT2D eigenvalue weighted by atomic mass is 10.1. The number of alkyl halides is 7. The Hall–Kier alpha value is -0.560. The molecule has 8 heteroatoms. The van der Waals surface area contributed by atoms with Crippen molar-refractivity contribution in [3.8, 4) is 0 Å². The smallest absolute Gasteiger partial charge is 0.237 e. The summed E-state index contributed by atoms with van der Waals surface area (Å²) in [6.45, 7) is -1.69. The summed E-state index contributed by atoms with van der Waals surface area (Å²) in [6, 6.07) is 0. The summed E-state index contributed by atoms with van der Waals surface area (Å²) in [6.07, 6.45) is -9.20. The predicted molar refractivity (Wildman–Crippen MR) is 26.2 cm³/mol.